The van der Waals surface area contributed by atoms with Crippen molar-refractivity contribution in [3.63, 3.8) is 0 Å². The van der Waals surface area contributed by atoms with Crippen molar-refractivity contribution in [2.24, 2.45) is 0 Å². The minimum absolute atomic E-state index is 0.0738. The number of benzene rings is 1. The van der Waals surface area contributed by atoms with Gasteiger partial charge in [-0.1, -0.05) is 0 Å². The van der Waals surface area contributed by atoms with Crippen molar-refractivity contribution < 1.29 is 10.0 Å². The fourth-order valence-electron chi connectivity index (χ4n) is 0.877. The summed E-state index contributed by atoms with van der Waals surface area (Å²) in [6.07, 6.45) is 0. The van der Waals surface area contributed by atoms with E-state index in [-0.39, 0.29) is 17.9 Å². The van der Waals surface area contributed by atoms with E-state index in [9.17, 15) is 10.1 Å². The van der Waals surface area contributed by atoms with Gasteiger partial charge in [0.15, 0.2) is 0 Å². The molecular weight excluding hydrogens is 178 g/mol. The quantitative estimate of drug-likeness (QED) is 0.415. The van der Waals surface area contributed by atoms with Crippen molar-refractivity contribution >= 4 is 18.3 Å². The average molecular weight is 185 g/mol. The van der Waals surface area contributed by atoms with Crippen LogP contribution in [0.3, 0.4) is 0 Å². The third-order valence-corrected chi connectivity index (χ3v) is 1.71. The standard InChI is InChI=1S/C7H7NO3S/c9-4-5-3-6(12)1-2-7(5)8(10)11/h1-3,9,12H,4H2. The molecule has 0 unspecified atom stereocenters. The van der Waals surface area contributed by atoms with Crippen LogP contribution in [0.4, 0.5) is 5.69 Å². The Morgan fingerprint density at radius 1 is 1.58 bits per heavy atom. The molecule has 64 valence electrons. The van der Waals surface area contributed by atoms with Crippen LogP contribution in [-0.4, -0.2) is 10.0 Å². The first-order valence-corrected chi connectivity index (χ1v) is 3.67. The van der Waals surface area contributed by atoms with E-state index in [4.69, 9.17) is 5.11 Å². The average Bonchev–Trinajstić information content (AvgIpc) is 2.03. The van der Waals surface area contributed by atoms with Crippen LogP contribution < -0.4 is 0 Å². The van der Waals surface area contributed by atoms with Gasteiger partial charge in [-0.2, -0.15) is 0 Å². The Labute approximate surface area is 74.4 Å². The summed E-state index contributed by atoms with van der Waals surface area (Å²) >= 11 is 3.99. The summed E-state index contributed by atoms with van der Waals surface area (Å²) in [5, 5.41) is 19.1. The van der Waals surface area contributed by atoms with E-state index < -0.39 is 4.92 Å². The SMILES string of the molecule is O=[N+]([O-])c1ccc(S)cc1CO. The molecule has 0 atom stereocenters. The minimum atomic E-state index is -0.529. The summed E-state index contributed by atoms with van der Waals surface area (Å²) < 4.78 is 0. The van der Waals surface area contributed by atoms with Gasteiger partial charge in [-0.15, -0.1) is 12.6 Å². The van der Waals surface area contributed by atoms with E-state index in [0.29, 0.717) is 4.90 Å². The van der Waals surface area contributed by atoms with Gasteiger partial charge in [-0.25, -0.2) is 0 Å². The number of hydrogen-bond donors (Lipinski definition) is 2. The zero-order valence-corrected chi connectivity index (χ0v) is 6.99. The van der Waals surface area contributed by atoms with E-state index in [0.717, 1.165) is 0 Å². The van der Waals surface area contributed by atoms with Gasteiger partial charge in [0.05, 0.1) is 17.1 Å². The van der Waals surface area contributed by atoms with Gasteiger partial charge in [0, 0.05) is 11.0 Å². The molecule has 0 fully saturated rings. The van der Waals surface area contributed by atoms with Gasteiger partial charge >= 0.3 is 0 Å². The van der Waals surface area contributed by atoms with Crippen molar-refractivity contribution in [2.75, 3.05) is 0 Å². The van der Waals surface area contributed by atoms with Crippen LogP contribution in [0.2, 0.25) is 0 Å². The van der Waals surface area contributed by atoms with Crippen LogP contribution in [0.15, 0.2) is 23.1 Å². The second-order valence-electron chi connectivity index (χ2n) is 2.23. The van der Waals surface area contributed by atoms with Crippen molar-refractivity contribution in [1.29, 1.82) is 0 Å². The third-order valence-electron chi connectivity index (χ3n) is 1.43. The fraction of sp³-hybridized carbons (Fsp3) is 0.143. The summed E-state index contributed by atoms with van der Waals surface area (Å²) in [6, 6.07) is 4.32. The Bertz CT molecular complexity index is 314. The molecule has 0 aliphatic carbocycles. The first-order valence-electron chi connectivity index (χ1n) is 3.22. The molecule has 4 nitrogen and oxygen atoms in total. The zero-order chi connectivity index (χ0) is 9.14. The number of nitrogens with zero attached hydrogens (tertiary/aromatic N) is 1. The smallest absolute Gasteiger partial charge is 0.274 e. The number of nitro groups is 1. The highest BCUT2D eigenvalue weighted by molar-refractivity contribution is 7.80. The van der Waals surface area contributed by atoms with Crippen LogP contribution in [0, 0.1) is 10.1 Å². The number of aliphatic hydroxyl groups is 1. The molecule has 0 aromatic heterocycles. The maximum absolute atomic E-state index is 10.4. The van der Waals surface area contributed by atoms with E-state index in [1.165, 1.54) is 18.2 Å². The van der Waals surface area contributed by atoms with Crippen LogP contribution in [0.1, 0.15) is 5.56 Å². The van der Waals surface area contributed by atoms with Crippen LogP contribution in [0.25, 0.3) is 0 Å². The fourth-order valence-corrected chi connectivity index (χ4v) is 1.11. The lowest BCUT2D eigenvalue weighted by Gasteiger charge is -1.98. The molecule has 0 saturated carbocycles. The molecule has 12 heavy (non-hydrogen) atoms. The van der Waals surface area contributed by atoms with E-state index in [1.54, 1.807) is 0 Å². The van der Waals surface area contributed by atoms with Gasteiger partial charge in [0.1, 0.15) is 0 Å². The molecule has 0 radical (unpaired) electrons. The maximum Gasteiger partial charge on any atom is 0.274 e. The highest BCUT2D eigenvalue weighted by Crippen LogP contribution is 2.21. The third kappa shape index (κ3) is 1.75. The van der Waals surface area contributed by atoms with Gasteiger partial charge in [0.25, 0.3) is 5.69 Å². The van der Waals surface area contributed by atoms with Crippen LogP contribution in [-0.2, 0) is 6.61 Å². The van der Waals surface area contributed by atoms with Gasteiger partial charge in [-0.05, 0) is 12.1 Å². The Morgan fingerprint density at radius 3 is 2.75 bits per heavy atom. The Hall–Kier alpha value is -1.07. The lowest BCUT2D eigenvalue weighted by Crippen LogP contribution is -1.94. The second-order valence-corrected chi connectivity index (χ2v) is 2.74. The molecule has 1 aromatic carbocycles. The molecule has 1 N–H and O–H groups in total. The topological polar surface area (TPSA) is 63.4 Å². The number of nitro benzene ring substituents is 1. The van der Waals surface area contributed by atoms with Gasteiger partial charge in [0.2, 0.25) is 0 Å². The largest absolute Gasteiger partial charge is 0.391 e. The summed E-state index contributed by atoms with van der Waals surface area (Å²) in [7, 11) is 0. The maximum atomic E-state index is 10.4. The molecular formula is C7H7NO3S. The summed E-state index contributed by atoms with van der Waals surface area (Å²) in [5.74, 6) is 0. The first-order chi connectivity index (χ1) is 5.65. The van der Waals surface area contributed by atoms with Crippen molar-refractivity contribution in [3.05, 3.63) is 33.9 Å². The van der Waals surface area contributed by atoms with E-state index in [2.05, 4.69) is 12.6 Å². The van der Waals surface area contributed by atoms with Crippen molar-refractivity contribution in [3.8, 4) is 0 Å². The molecule has 0 heterocycles. The minimum Gasteiger partial charge on any atom is -0.391 e. The Kier molecular flexibility index (Phi) is 2.67. The van der Waals surface area contributed by atoms with Crippen molar-refractivity contribution in [1.82, 2.24) is 0 Å². The Balaban J connectivity index is 3.20. The molecule has 0 aliphatic heterocycles. The second kappa shape index (κ2) is 3.55. The molecule has 1 rings (SSSR count). The highest BCUT2D eigenvalue weighted by atomic mass is 32.1. The number of hydrogen-bond acceptors (Lipinski definition) is 4. The van der Waals surface area contributed by atoms with Gasteiger partial charge < -0.3 is 5.11 Å². The van der Waals surface area contributed by atoms with E-state index >= 15 is 0 Å². The van der Waals surface area contributed by atoms with Crippen molar-refractivity contribution in [2.45, 2.75) is 11.5 Å². The molecule has 0 aliphatic rings. The zero-order valence-electron chi connectivity index (χ0n) is 6.10. The molecule has 5 heteroatoms. The number of rotatable bonds is 2. The van der Waals surface area contributed by atoms with Gasteiger partial charge in [-0.3, -0.25) is 10.1 Å². The predicted octanol–water partition coefficient (Wildman–Crippen LogP) is 1.38. The summed E-state index contributed by atoms with van der Waals surface area (Å²) in [6.45, 7) is -0.343. The molecule has 0 spiro atoms. The molecule has 0 amide bonds. The van der Waals surface area contributed by atoms with E-state index in [1.807, 2.05) is 0 Å². The molecule has 0 bridgehead atoms. The predicted molar refractivity (Wildman–Crippen MR) is 46.3 cm³/mol. The first kappa shape index (κ1) is 9.02. The monoisotopic (exact) mass is 185 g/mol. The lowest BCUT2D eigenvalue weighted by molar-refractivity contribution is -0.385. The molecule has 0 saturated heterocycles. The van der Waals surface area contributed by atoms with Crippen LogP contribution >= 0.6 is 12.6 Å². The van der Waals surface area contributed by atoms with Crippen LogP contribution in [0.5, 0.6) is 0 Å². The summed E-state index contributed by atoms with van der Waals surface area (Å²) in [4.78, 5) is 10.4. The summed E-state index contributed by atoms with van der Waals surface area (Å²) in [5.41, 5.74) is 0.211. The highest BCUT2D eigenvalue weighted by Gasteiger charge is 2.11. The number of aliphatic hydroxyl groups excluding tert-OH is 1. The lowest BCUT2D eigenvalue weighted by atomic mass is 10.2. The normalized spacial score (nSPS) is 9.83. The number of thiol groups is 1. The Morgan fingerprint density at radius 2 is 2.25 bits per heavy atom. The molecule has 1 aromatic rings.